The van der Waals surface area contributed by atoms with Crippen LogP contribution in [0.25, 0.3) is 0 Å². The van der Waals surface area contributed by atoms with Gasteiger partial charge < -0.3 is 4.74 Å². The molecule has 4 heteroatoms. The average molecular weight is 203 g/mol. The van der Waals surface area contributed by atoms with E-state index >= 15 is 0 Å². The molecule has 0 saturated carbocycles. The Morgan fingerprint density at radius 3 is 3.00 bits per heavy atom. The van der Waals surface area contributed by atoms with Crippen molar-refractivity contribution in [1.82, 2.24) is 5.32 Å². The summed E-state index contributed by atoms with van der Waals surface area (Å²) in [5.41, 5.74) is 0. The summed E-state index contributed by atoms with van der Waals surface area (Å²) in [5, 5.41) is 3.70. The summed E-state index contributed by atoms with van der Waals surface area (Å²) in [7, 11) is 0. The third-order valence-electron chi connectivity index (χ3n) is 2.05. The Morgan fingerprint density at radius 1 is 1.62 bits per heavy atom. The second kappa shape index (κ2) is 5.50. The van der Waals surface area contributed by atoms with Crippen LogP contribution in [-0.4, -0.2) is 29.7 Å². The Morgan fingerprint density at radius 2 is 2.38 bits per heavy atom. The maximum absolute atomic E-state index is 11.4. The van der Waals surface area contributed by atoms with Crippen molar-refractivity contribution in [3.63, 3.8) is 0 Å². The molecule has 2 atom stereocenters. The van der Waals surface area contributed by atoms with Gasteiger partial charge in [0.05, 0.1) is 12.0 Å². The highest BCUT2D eigenvalue weighted by Gasteiger charge is 2.26. The Hall–Kier alpha value is -0.220. The quantitative estimate of drug-likeness (QED) is 0.703. The van der Waals surface area contributed by atoms with Crippen LogP contribution in [0.4, 0.5) is 0 Å². The van der Waals surface area contributed by atoms with Crippen LogP contribution in [0.3, 0.4) is 0 Å². The molecule has 0 aliphatic carbocycles. The monoisotopic (exact) mass is 203 g/mol. The lowest BCUT2D eigenvalue weighted by Crippen LogP contribution is -2.46. The summed E-state index contributed by atoms with van der Waals surface area (Å²) in [6.07, 6.45) is 1.95. The van der Waals surface area contributed by atoms with Gasteiger partial charge in [0.1, 0.15) is 6.04 Å². The predicted octanol–water partition coefficient (Wildman–Crippen LogP) is 1.38. The maximum Gasteiger partial charge on any atom is 0.323 e. The molecule has 76 valence electrons. The van der Waals surface area contributed by atoms with E-state index in [-0.39, 0.29) is 12.0 Å². The Balaban J connectivity index is 2.37. The third-order valence-corrected chi connectivity index (χ3v) is 3.40. The molecular formula is C9H17NO2S. The standard InChI is InChI=1S/C9H17NO2S/c1-3-8-10-7(5-6-13-8)9(11)12-4-2/h7-8,10H,3-6H2,1-2H3. The molecule has 0 amide bonds. The fourth-order valence-corrected chi connectivity index (χ4v) is 2.50. The minimum atomic E-state index is -0.0961. The molecule has 0 radical (unpaired) electrons. The zero-order valence-corrected chi connectivity index (χ0v) is 9.02. The number of thioether (sulfide) groups is 1. The van der Waals surface area contributed by atoms with Gasteiger partial charge in [-0.05, 0) is 25.5 Å². The van der Waals surface area contributed by atoms with Crippen molar-refractivity contribution in [3.8, 4) is 0 Å². The van der Waals surface area contributed by atoms with Gasteiger partial charge in [-0.3, -0.25) is 10.1 Å². The van der Waals surface area contributed by atoms with Crippen molar-refractivity contribution >= 4 is 17.7 Å². The van der Waals surface area contributed by atoms with Crippen LogP contribution >= 0.6 is 11.8 Å². The Labute approximate surface area is 83.6 Å². The molecule has 1 fully saturated rings. The number of ether oxygens (including phenoxy) is 1. The van der Waals surface area contributed by atoms with Crippen molar-refractivity contribution < 1.29 is 9.53 Å². The Bertz CT molecular complexity index is 175. The van der Waals surface area contributed by atoms with E-state index in [9.17, 15) is 4.79 Å². The number of carbonyl (C=O) groups is 1. The molecular weight excluding hydrogens is 186 g/mol. The SMILES string of the molecule is CCOC(=O)C1CCSC(CC)N1. The molecule has 13 heavy (non-hydrogen) atoms. The van der Waals surface area contributed by atoms with Crippen LogP contribution < -0.4 is 5.32 Å². The number of rotatable bonds is 3. The maximum atomic E-state index is 11.4. The van der Waals surface area contributed by atoms with Crippen molar-refractivity contribution in [2.75, 3.05) is 12.4 Å². The van der Waals surface area contributed by atoms with E-state index in [0.29, 0.717) is 12.0 Å². The molecule has 0 bridgehead atoms. The lowest BCUT2D eigenvalue weighted by Gasteiger charge is -2.28. The zero-order valence-electron chi connectivity index (χ0n) is 8.21. The molecule has 1 aliphatic rings. The van der Waals surface area contributed by atoms with Gasteiger partial charge >= 0.3 is 5.97 Å². The minimum absolute atomic E-state index is 0.0776. The lowest BCUT2D eigenvalue weighted by atomic mass is 10.2. The third kappa shape index (κ3) is 3.19. The van der Waals surface area contributed by atoms with Crippen molar-refractivity contribution in [3.05, 3.63) is 0 Å². The number of esters is 1. The largest absolute Gasteiger partial charge is 0.465 e. The second-order valence-corrected chi connectivity index (χ2v) is 4.34. The van der Waals surface area contributed by atoms with E-state index in [4.69, 9.17) is 4.74 Å². The summed E-state index contributed by atoms with van der Waals surface area (Å²) in [4.78, 5) is 11.4. The van der Waals surface area contributed by atoms with Gasteiger partial charge in [0.25, 0.3) is 0 Å². The highest BCUT2D eigenvalue weighted by molar-refractivity contribution is 7.99. The van der Waals surface area contributed by atoms with Crippen LogP contribution in [0, 0.1) is 0 Å². The first kappa shape index (κ1) is 10.9. The summed E-state index contributed by atoms with van der Waals surface area (Å²) >= 11 is 1.88. The topological polar surface area (TPSA) is 38.3 Å². The molecule has 0 aromatic carbocycles. The van der Waals surface area contributed by atoms with E-state index in [1.54, 1.807) is 0 Å². The molecule has 1 rings (SSSR count). The van der Waals surface area contributed by atoms with Crippen LogP contribution in [0.1, 0.15) is 26.7 Å². The van der Waals surface area contributed by atoms with E-state index in [0.717, 1.165) is 18.6 Å². The van der Waals surface area contributed by atoms with E-state index in [2.05, 4.69) is 12.2 Å². The first-order chi connectivity index (χ1) is 6.27. The summed E-state index contributed by atoms with van der Waals surface area (Å²) < 4.78 is 4.96. The minimum Gasteiger partial charge on any atom is -0.465 e. The number of hydrogen-bond donors (Lipinski definition) is 1. The zero-order chi connectivity index (χ0) is 9.68. The first-order valence-electron chi connectivity index (χ1n) is 4.82. The van der Waals surface area contributed by atoms with Crippen LogP contribution in [0.5, 0.6) is 0 Å². The highest BCUT2D eigenvalue weighted by Crippen LogP contribution is 2.20. The molecule has 1 N–H and O–H groups in total. The Kier molecular flexibility index (Phi) is 4.59. The fraction of sp³-hybridized carbons (Fsp3) is 0.889. The average Bonchev–Trinajstić information content (AvgIpc) is 2.18. The first-order valence-corrected chi connectivity index (χ1v) is 5.87. The molecule has 2 unspecified atom stereocenters. The van der Waals surface area contributed by atoms with E-state index in [1.807, 2.05) is 18.7 Å². The smallest absolute Gasteiger partial charge is 0.323 e. The van der Waals surface area contributed by atoms with Crippen molar-refractivity contribution in [2.45, 2.75) is 38.1 Å². The summed E-state index contributed by atoms with van der Waals surface area (Å²) in [5.74, 6) is 0.955. The van der Waals surface area contributed by atoms with Gasteiger partial charge in [-0.25, -0.2) is 0 Å². The van der Waals surface area contributed by atoms with Crippen LogP contribution in [0.15, 0.2) is 0 Å². The van der Waals surface area contributed by atoms with Gasteiger partial charge in [-0.1, -0.05) is 6.92 Å². The fourth-order valence-electron chi connectivity index (χ4n) is 1.35. The molecule has 1 aliphatic heterocycles. The van der Waals surface area contributed by atoms with Gasteiger partial charge in [-0.15, -0.1) is 11.8 Å². The van der Waals surface area contributed by atoms with Crippen molar-refractivity contribution in [2.24, 2.45) is 0 Å². The van der Waals surface area contributed by atoms with Gasteiger partial charge in [0.15, 0.2) is 0 Å². The van der Waals surface area contributed by atoms with Crippen LogP contribution in [0.2, 0.25) is 0 Å². The molecule has 0 aromatic heterocycles. The van der Waals surface area contributed by atoms with Crippen LogP contribution in [-0.2, 0) is 9.53 Å². The van der Waals surface area contributed by atoms with Gasteiger partial charge in [0, 0.05) is 0 Å². The van der Waals surface area contributed by atoms with Gasteiger partial charge in [0.2, 0.25) is 0 Å². The van der Waals surface area contributed by atoms with E-state index in [1.165, 1.54) is 0 Å². The van der Waals surface area contributed by atoms with Gasteiger partial charge in [-0.2, -0.15) is 0 Å². The highest BCUT2D eigenvalue weighted by atomic mass is 32.2. The molecule has 0 spiro atoms. The molecule has 1 heterocycles. The molecule has 3 nitrogen and oxygen atoms in total. The second-order valence-electron chi connectivity index (χ2n) is 3.03. The predicted molar refractivity (Wildman–Crippen MR) is 54.7 cm³/mol. The molecule has 0 aromatic rings. The van der Waals surface area contributed by atoms with E-state index < -0.39 is 0 Å². The normalized spacial score (nSPS) is 28.5. The summed E-state index contributed by atoms with van der Waals surface area (Å²) in [6, 6.07) is -0.0776. The number of hydrogen-bond acceptors (Lipinski definition) is 4. The number of nitrogens with one attached hydrogen (secondary N) is 1. The lowest BCUT2D eigenvalue weighted by molar-refractivity contribution is -0.145. The van der Waals surface area contributed by atoms with Crippen molar-refractivity contribution in [1.29, 1.82) is 0 Å². The molecule has 1 saturated heterocycles. The number of carbonyl (C=O) groups excluding carboxylic acids is 1. The summed E-state index contributed by atoms with van der Waals surface area (Å²) in [6.45, 7) is 4.44.